The molecule has 0 aliphatic heterocycles. The van der Waals surface area contributed by atoms with Crippen molar-refractivity contribution >= 4 is 41.5 Å². The Morgan fingerprint density at radius 3 is 2.50 bits per heavy atom. The molecule has 1 rings (SSSR count). The first-order chi connectivity index (χ1) is 10.3. The summed E-state index contributed by atoms with van der Waals surface area (Å²) in [6.07, 6.45) is 0. The van der Waals surface area contributed by atoms with Crippen LogP contribution in [0.4, 0.5) is 0 Å². The minimum absolute atomic E-state index is 0. The number of ether oxygens (including phenoxy) is 2. The Balaban J connectivity index is 0.00000441. The number of nitrogens with zero attached hydrogens (tertiary/aromatic N) is 1. The molecule has 0 aliphatic rings. The Hall–Kier alpha value is -0.570. The van der Waals surface area contributed by atoms with Gasteiger partial charge >= 0.3 is 0 Å². The topological polar surface area (TPSA) is 54.9 Å². The van der Waals surface area contributed by atoms with Gasteiger partial charge in [0.05, 0.1) is 26.4 Å². The van der Waals surface area contributed by atoms with E-state index in [-0.39, 0.29) is 24.0 Å². The van der Waals surface area contributed by atoms with E-state index in [0.29, 0.717) is 32.9 Å². The molecule has 0 atom stereocenters. The normalized spacial score (nSPS) is 11.0. The maximum absolute atomic E-state index is 5.86. The van der Waals surface area contributed by atoms with Crippen LogP contribution in [0, 0.1) is 0 Å². The third-order valence-electron chi connectivity index (χ3n) is 2.65. The maximum Gasteiger partial charge on any atom is 0.191 e. The average Bonchev–Trinajstić information content (AvgIpc) is 2.49. The number of methoxy groups -OCH3 is 1. The van der Waals surface area contributed by atoms with Crippen molar-refractivity contribution in [1.82, 2.24) is 10.6 Å². The molecule has 2 N–H and O–H groups in total. The van der Waals surface area contributed by atoms with Gasteiger partial charge in [-0.1, -0.05) is 23.7 Å². The van der Waals surface area contributed by atoms with Crippen LogP contribution >= 0.6 is 35.6 Å². The van der Waals surface area contributed by atoms with Gasteiger partial charge in [-0.25, -0.2) is 4.99 Å². The molecule has 0 aromatic heterocycles. The Bertz CT molecular complexity index is 416. The minimum atomic E-state index is 0. The highest BCUT2D eigenvalue weighted by Crippen LogP contribution is 2.09. The van der Waals surface area contributed by atoms with Crippen LogP contribution in [0.1, 0.15) is 12.5 Å². The lowest BCUT2D eigenvalue weighted by Gasteiger charge is -2.11. The molecule has 0 aliphatic carbocycles. The van der Waals surface area contributed by atoms with E-state index in [9.17, 15) is 0 Å². The first kappa shape index (κ1) is 21.4. The molecule has 0 saturated carbocycles. The molecular formula is C15H25ClIN3O2. The standard InChI is InChI=1S/C15H24ClN3O2.HI/c1-3-17-15(18-8-9-21-11-10-20-2)19-12-13-4-6-14(16)7-5-13;/h4-7H,3,8-12H2,1-2H3,(H2,17,18,19);1H. The van der Waals surface area contributed by atoms with Gasteiger partial charge in [-0.15, -0.1) is 24.0 Å². The highest BCUT2D eigenvalue weighted by atomic mass is 127. The van der Waals surface area contributed by atoms with Crippen molar-refractivity contribution in [3.05, 3.63) is 34.9 Å². The van der Waals surface area contributed by atoms with Crippen LogP contribution in [0.5, 0.6) is 0 Å². The van der Waals surface area contributed by atoms with E-state index in [1.54, 1.807) is 7.11 Å². The van der Waals surface area contributed by atoms with E-state index in [4.69, 9.17) is 21.1 Å². The minimum Gasteiger partial charge on any atom is -0.382 e. The fourth-order valence-electron chi connectivity index (χ4n) is 1.59. The lowest BCUT2D eigenvalue weighted by Crippen LogP contribution is -2.39. The first-order valence-corrected chi connectivity index (χ1v) is 7.47. The highest BCUT2D eigenvalue weighted by molar-refractivity contribution is 14.0. The molecule has 1 aromatic carbocycles. The van der Waals surface area contributed by atoms with Gasteiger partial charge in [0, 0.05) is 25.2 Å². The number of benzene rings is 1. The molecule has 0 bridgehead atoms. The molecule has 0 amide bonds. The molecule has 1 aromatic rings. The average molecular weight is 442 g/mol. The summed E-state index contributed by atoms with van der Waals surface area (Å²) in [6, 6.07) is 7.69. The number of hydrogen-bond donors (Lipinski definition) is 2. The Labute approximate surface area is 154 Å². The third kappa shape index (κ3) is 10.2. The lowest BCUT2D eigenvalue weighted by molar-refractivity contribution is 0.0733. The van der Waals surface area contributed by atoms with Crippen molar-refractivity contribution in [1.29, 1.82) is 0 Å². The van der Waals surface area contributed by atoms with Crippen LogP contribution in [-0.2, 0) is 16.0 Å². The Morgan fingerprint density at radius 2 is 1.86 bits per heavy atom. The largest absolute Gasteiger partial charge is 0.382 e. The number of rotatable bonds is 9. The molecule has 0 heterocycles. The van der Waals surface area contributed by atoms with E-state index >= 15 is 0 Å². The van der Waals surface area contributed by atoms with Crippen molar-refractivity contribution < 1.29 is 9.47 Å². The molecule has 126 valence electrons. The summed E-state index contributed by atoms with van der Waals surface area (Å²) < 4.78 is 10.3. The van der Waals surface area contributed by atoms with Crippen LogP contribution in [0.2, 0.25) is 5.02 Å². The second kappa shape index (κ2) is 14.0. The SMILES string of the molecule is CCNC(=NCc1ccc(Cl)cc1)NCCOCCOC.I. The fourth-order valence-corrected chi connectivity index (χ4v) is 1.71. The molecule has 0 unspecified atom stereocenters. The zero-order valence-corrected chi connectivity index (χ0v) is 16.2. The van der Waals surface area contributed by atoms with Crippen LogP contribution in [-0.4, -0.2) is 46.0 Å². The molecular weight excluding hydrogens is 417 g/mol. The summed E-state index contributed by atoms with van der Waals surface area (Å²) in [5.74, 6) is 0.780. The second-order valence-electron chi connectivity index (χ2n) is 4.35. The van der Waals surface area contributed by atoms with Crippen LogP contribution in [0.3, 0.4) is 0 Å². The zero-order valence-electron chi connectivity index (χ0n) is 13.1. The van der Waals surface area contributed by atoms with E-state index in [2.05, 4.69) is 15.6 Å². The van der Waals surface area contributed by atoms with Gasteiger partial charge in [-0.3, -0.25) is 0 Å². The van der Waals surface area contributed by atoms with Gasteiger partial charge in [0.1, 0.15) is 0 Å². The van der Waals surface area contributed by atoms with Gasteiger partial charge in [0.2, 0.25) is 0 Å². The maximum atomic E-state index is 5.86. The summed E-state index contributed by atoms with van der Waals surface area (Å²) in [5.41, 5.74) is 1.12. The monoisotopic (exact) mass is 441 g/mol. The van der Waals surface area contributed by atoms with Crippen LogP contribution < -0.4 is 10.6 Å². The number of aliphatic imine (C=N–C) groups is 1. The third-order valence-corrected chi connectivity index (χ3v) is 2.90. The van der Waals surface area contributed by atoms with E-state index in [0.717, 1.165) is 23.1 Å². The quantitative estimate of drug-likeness (QED) is 0.268. The van der Waals surface area contributed by atoms with Crippen molar-refractivity contribution in [3.8, 4) is 0 Å². The first-order valence-electron chi connectivity index (χ1n) is 7.09. The molecule has 22 heavy (non-hydrogen) atoms. The Kier molecular flexibility index (Phi) is 13.7. The molecule has 0 radical (unpaired) electrons. The number of guanidine groups is 1. The van der Waals surface area contributed by atoms with Crippen LogP contribution in [0.25, 0.3) is 0 Å². The van der Waals surface area contributed by atoms with Gasteiger partial charge < -0.3 is 20.1 Å². The number of halogens is 2. The van der Waals surface area contributed by atoms with Gasteiger partial charge in [-0.05, 0) is 24.6 Å². The number of nitrogens with one attached hydrogen (secondary N) is 2. The Morgan fingerprint density at radius 1 is 1.14 bits per heavy atom. The zero-order chi connectivity index (χ0) is 15.3. The van der Waals surface area contributed by atoms with Crippen molar-refractivity contribution in [3.63, 3.8) is 0 Å². The van der Waals surface area contributed by atoms with Gasteiger partial charge in [0.25, 0.3) is 0 Å². The van der Waals surface area contributed by atoms with Gasteiger partial charge in [0.15, 0.2) is 5.96 Å². The van der Waals surface area contributed by atoms with Crippen molar-refractivity contribution in [2.45, 2.75) is 13.5 Å². The molecule has 5 nitrogen and oxygen atoms in total. The lowest BCUT2D eigenvalue weighted by atomic mass is 10.2. The van der Waals surface area contributed by atoms with Crippen molar-refractivity contribution in [2.75, 3.05) is 40.0 Å². The predicted octanol–water partition coefficient (Wildman–Crippen LogP) is 2.68. The highest BCUT2D eigenvalue weighted by Gasteiger charge is 1.97. The second-order valence-corrected chi connectivity index (χ2v) is 4.79. The van der Waals surface area contributed by atoms with Gasteiger partial charge in [-0.2, -0.15) is 0 Å². The van der Waals surface area contributed by atoms with Crippen molar-refractivity contribution in [2.24, 2.45) is 4.99 Å². The van der Waals surface area contributed by atoms with E-state index in [1.165, 1.54) is 0 Å². The summed E-state index contributed by atoms with van der Waals surface area (Å²) in [6.45, 7) is 6.01. The molecule has 0 spiro atoms. The molecule has 0 saturated heterocycles. The summed E-state index contributed by atoms with van der Waals surface area (Å²) >= 11 is 5.86. The fraction of sp³-hybridized carbons (Fsp3) is 0.533. The molecule has 7 heteroatoms. The summed E-state index contributed by atoms with van der Waals surface area (Å²) in [5, 5.41) is 7.16. The van der Waals surface area contributed by atoms with E-state index in [1.807, 2.05) is 31.2 Å². The number of hydrogen-bond acceptors (Lipinski definition) is 3. The summed E-state index contributed by atoms with van der Waals surface area (Å²) in [7, 11) is 1.66. The van der Waals surface area contributed by atoms with Crippen LogP contribution in [0.15, 0.2) is 29.3 Å². The predicted molar refractivity (Wildman–Crippen MR) is 102 cm³/mol. The molecule has 0 fully saturated rings. The van der Waals surface area contributed by atoms with E-state index < -0.39 is 0 Å². The summed E-state index contributed by atoms with van der Waals surface area (Å²) in [4.78, 5) is 4.52. The smallest absolute Gasteiger partial charge is 0.191 e.